The van der Waals surface area contributed by atoms with Crippen LogP contribution in [0.3, 0.4) is 0 Å². The van der Waals surface area contributed by atoms with Crippen LogP contribution in [0.2, 0.25) is 5.02 Å². The third kappa shape index (κ3) is 5.02. The second kappa shape index (κ2) is 9.67. The van der Waals surface area contributed by atoms with Gasteiger partial charge >= 0.3 is 0 Å². The Hall–Kier alpha value is -2.71. The fourth-order valence-corrected chi connectivity index (χ4v) is 3.74. The number of halogens is 1. The molecule has 3 aromatic rings. The van der Waals surface area contributed by atoms with Crippen LogP contribution in [0.1, 0.15) is 6.92 Å². The Balaban J connectivity index is 1.74. The third-order valence-corrected chi connectivity index (χ3v) is 5.32. The van der Waals surface area contributed by atoms with Gasteiger partial charge < -0.3 is 19.4 Å². The molecule has 0 bridgehead atoms. The van der Waals surface area contributed by atoms with Crippen molar-refractivity contribution in [3.8, 4) is 22.9 Å². The molecule has 1 heterocycles. The SMILES string of the molecule is CCn1c(SCC(=O)Nc2cccc(OC)c2)nnc1-c1cc(Cl)ccc1OC. The van der Waals surface area contributed by atoms with Crippen LogP contribution in [-0.2, 0) is 11.3 Å². The minimum Gasteiger partial charge on any atom is -0.497 e. The highest BCUT2D eigenvalue weighted by molar-refractivity contribution is 7.99. The molecule has 0 radical (unpaired) electrons. The first-order valence-corrected chi connectivity index (χ1v) is 10.3. The van der Waals surface area contributed by atoms with Crippen molar-refractivity contribution in [2.75, 3.05) is 25.3 Å². The van der Waals surface area contributed by atoms with Crippen molar-refractivity contribution in [3.63, 3.8) is 0 Å². The maximum Gasteiger partial charge on any atom is 0.234 e. The maximum absolute atomic E-state index is 12.3. The van der Waals surface area contributed by atoms with Crippen molar-refractivity contribution in [3.05, 3.63) is 47.5 Å². The van der Waals surface area contributed by atoms with Crippen molar-refractivity contribution in [2.45, 2.75) is 18.6 Å². The highest BCUT2D eigenvalue weighted by atomic mass is 35.5. The Kier molecular flexibility index (Phi) is 7.00. The lowest BCUT2D eigenvalue weighted by molar-refractivity contribution is -0.113. The molecule has 0 fully saturated rings. The van der Waals surface area contributed by atoms with Gasteiger partial charge in [-0.15, -0.1) is 10.2 Å². The van der Waals surface area contributed by atoms with Gasteiger partial charge in [-0.3, -0.25) is 4.79 Å². The standard InChI is InChI=1S/C20H21ClN4O3S/c1-4-25-19(16-10-13(21)8-9-17(16)28-3)23-24-20(25)29-12-18(26)22-14-6-5-7-15(11-14)27-2/h5-11H,4,12H2,1-3H3,(H,22,26). The van der Waals surface area contributed by atoms with Gasteiger partial charge in [0.1, 0.15) is 11.5 Å². The fraction of sp³-hybridized carbons (Fsp3) is 0.250. The molecule has 0 spiro atoms. The molecular weight excluding hydrogens is 412 g/mol. The lowest BCUT2D eigenvalue weighted by Crippen LogP contribution is -2.14. The van der Waals surface area contributed by atoms with Crippen LogP contribution in [0.4, 0.5) is 5.69 Å². The van der Waals surface area contributed by atoms with E-state index in [2.05, 4.69) is 15.5 Å². The lowest BCUT2D eigenvalue weighted by Gasteiger charge is -2.11. The van der Waals surface area contributed by atoms with Crippen LogP contribution in [-0.4, -0.2) is 40.6 Å². The van der Waals surface area contributed by atoms with E-state index < -0.39 is 0 Å². The number of nitrogens with zero attached hydrogens (tertiary/aromatic N) is 3. The number of methoxy groups -OCH3 is 2. The third-order valence-electron chi connectivity index (χ3n) is 4.12. The highest BCUT2D eigenvalue weighted by Gasteiger charge is 2.18. The van der Waals surface area contributed by atoms with Crippen molar-refractivity contribution >= 4 is 35.0 Å². The Morgan fingerprint density at radius 3 is 2.72 bits per heavy atom. The molecule has 0 aliphatic heterocycles. The quantitative estimate of drug-likeness (QED) is 0.532. The van der Waals surface area contributed by atoms with E-state index in [1.807, 2.05) is 29.7 Å². The van der Waals surface area contributed by atoms with E-state index >= 15 is 0 Å². The summed E-state index contributed by atoms with van der Waals surface area (Å²) < 4.78 is 12.5. The highest BCUT2D eigenvalue weighted by Crippen LogP contribution is 2.33. The van der Waals surface area contributed by atoms with Crippen LogP contribution in [0.5, 0.6) is 11.5 Å². The zero-order valence-electron chi connectivity index (χ0n) is 16.3. The second-order valence-electron chi connectivity index (χ2n) is 5.96. The largest absolute Gasteiger partial charge is 0.497 e. The Bertz CT molecular complexity index is 1010. The summed E-state index contributed by atoms with van der Waals surface area (Å²) in [5, 5.41) is 12.6. The Morgan fingerprint density at radius 2 is 2.00 bits per heavy atom. The molecule has 7 nitrogen and oxygen atoms in total. The van der Waals surface area contributed by atoms with Gasteiger partial charge in [-0.2, -0.15) is 0 Å². The van der Waals surface area contributed by atoms with Crippen molar-refractivity contribution in [1.82, 2.24) is 14.8 Å². The molecule has 0 atom stereocenters. The Morgan fingerprint density at radius 1 is 1.17 bits per heavy atom. The number of ether oxygens (including phenoxy) is 2. The van der Waals surface area contributed by atoms with Crippen molar-refractivity contribution < 1.29 is 14.3 Å². The van der Waals surface area contributed by atoms with E-state index in [-0.39, 0.29) is 11.7 Å². The van der Waals surface area contributed by atoms with Crippen LogP contribution in [0.25, 0.3) is 11.4 Å². The fourth-order valence-electron chi connectivity index (χ4n) is 2.76. The number of hydrogen-bond acceptors (Lipinski definition) is 6. The molecule has 1 N–H and O–H groups in total. The number of rotatable bonds is 8. The van der Waals surface area contributed by atoms with Crippen molar-refractivity contribution in [2.24, 2.45) is 0 Å². The molecule has 0 aliphatic rings. The average Bonchev–Trinajstić information content (AvgIpc) is 3.15. The molecule has 0 saturated carbocycles. The molecule has 0 unspecified atom stereocenters. The van der Waals surface area contributed by atoms with Crippen LogP contribution < -0.4 is 14.8 Å². The minimum absolute atomic E-state index is 0.143. The van der Waals surface area contributed by atoms with Crippen LogP contribution >= 0.6 is 23.4 Å². The zero-order chi connectivity index (χ0) is 20.8. The summed E-state index contributed by atoms with van der Waals surface area (Å²) in [5.41, 5.74) is 1.43. The smallest absolute Gasteiger partial charge is 0.234 e. The number of anilines is 1. The first-order chi connectivity index (χ1) is 14.0. The van der Waals surface area contributed by atoms with Gasteiger partial charge in [0.05, 0.1) is 25.5 Å². The minimum atomic E-state index is -0.143. The molecule has 3 rings (SSSR count). The molecule has 29 heavy (non-hydrogen) atoms. The molecule has 2 aromatic carbocycles. The van der Waals surface area contributed by atoms with E-state index in [0.29, 0.717) is 39.7 Å². The van der Waals surface area contributed by atoms with Crippen LogP contribution in [0, 0.1) is 0 Å². The number of carbonyl (C=O) groups excluding carboxylic acids is 1. The normalized spacial score (nSPS) is 10.6. The summed E-state index contributed by atoms with van der Waals surface area (Å²) in [4.78, 5) is 12.3. The zero-order valence-corrected chi connectivity index (χ0v) is 17.9. The predicted molar refractivity (Wildman–Crippen MR) is 115 cm³/mol. The summed E-state index contributed by atoms with van der Waals surface area (Å²) in [6, 6.07) is 12.6. The Labute approximate surface area is 178 Å². The number of nitrogens with one attached hydrogen (secondary N) is 1. The van der Waals surface area contributed by atoms with E-state index in [0.717, 1.165) is 5.56 Å². The lowest BCUT2D eigenvalue weighted by atomic mass is 10.2. The summed E-state index contributed by atoms with van der Waals surface area (Å²) in [5.74, 6) is 2.03. The summed E-state index contributed by atoms with van der Waals surface area (Å²) in [7, 11) is 3.18. The summed E-state index contributed by atoms with van der Waals surface area (Å²) in [6.45, 7) is 2.63. The molecule has 9 heteroatoms. The van der Waals surface area contributed by atoms with Gasteiger partial charge in [-0.1, -0.05) is 29.4 Å². The van der Waals surface area contributed by atoms with E-state index in [9.17, 15) is 4.79 Å². The molecular formula is C20H21ClN4O3S. The predicted octanol–water partition coefficient (Wildman–Crippen LogP) is 4.37. The molecule has 1 amide bonds. The average molecular weight is 433 g/mol. The summed E-state index contributed by atoms with van der Waals surface area (Å²) >= 11 is 7.46. The number of amides is 1. The first kappa shape index (κ1) is 21.0. The van der Waals surface area contributed by atoms with E-state index in [4.69, 9.17) is 21.1 Å². The van der Waals surface area contributed by atoms with Gasteiger partial charge in [0, 0.05) is 23.3 Å². The van der Waals surface area contributed by atoms with E-state index in [1.54, 1.807) is 38.5 Å². The topological polar surface area (TPSA) is 78.3 Å². The monoisotopic (exact) mass is 432 g/mol. The van der Waals surface area contributed by atoms with Gasteiger partial charge in [0.2, 0.25) is 5.91 Å². The molecule has 0 aliphatic carbocycles. The van der Waals surface area contributed by atoms with Crippen molar-refractivity contribution in [1.29, 1.82) is 0 Å². The molecule has 1 aromatic heterocycles. The molecule has 152 valence electrons. The number of carbonyl (C=O) groups is 1. The number of hydrogen-bond donors (Lipinski definition) is 1. The summed E-state index contributed by atoms with van der Waals surface area (Å²) in [6.07, 6.45) is 0. The molecule has 0 saturated heterocycles. The first-order valence-electron chi connectivity index (χ1n) is 8.89. The number of benzene rings is 2. The second-order valence-corrected chi connectivity index (χ2v) is 7.34. The van der Waals surface area contributed by atoms with Gasteiger partial charge in [-0.05, 0) is 37.3 Å². The van der Waals surface area contributed by atoms with E-state index in [1.165, 1.54) is 11.8 Å². The van der Waals surface area contributed by atoms with Gasteiger partial charge in [-0.25, -0.2) is 0 Å². The number of aromatic nitrogens is 3. The van der Waals surface area contributed by atoms with Gasteiger partial charge in [0.15, 0.2) is 11.0 Å². The van der Waals surface area contributed by atoms with Crippen LogP contribution in [0.15, 0.2) is 47.6 Å². The van der Waals surface area contributed by atoms with Gasteiger partial charge in [0.25, 0.3) is 0 Å². The maximum atomic E-state index is 12.3. The number of thioether (sulfide) groups is 1.